The molecule has 1 aromatic carbocycles. The number of amides is 3. The third kappa shape index (κ3) is 4.01. The van der Waals surface area contributed by atoms with E-state index in [9.17, 15) is 14.4 Å². The normalized spacial score (nSPS) is 16.2. The van der Waals surface area contributed by atoms with Gasteiger partial charge < -0.3 is 20.9 Å². The zero-order valence-electron chi connectivity index (χ0n) is 15.0. The number of nitrogens with two attached hydrogens (primary N) is 1. The first-order valence-electron chi connectivity index (χ1n) is 8.71. The van der Waals surface area contributed by atoms with Gasteiger partial charge in [0, 0.05) is 40.8 Å². The van der Waals surface area contributed by atoms with E-state index in [0.29, 0.717) is 33.6 Å². The Labute approximate surface area is 174 Å². The minimum Gasteiger partial charge on any atom is -0.364 e. The average molecular weight is 430 g/mol. The van der Waals surface area contributed by atoms with Crippen LogP contribution in [0, 0.1) is 5.92 Å². The van der Waals surface area contributed by atoms with Crippen LogP contribution >= 0.6 is 22.9 Å². The average Bonchev–Trinajstić information content (AvgIpc) is 3.41. The lowest BCUT2D eigenvalue weighted by molar-refractivity contribution is -0.122. The van der Waals surface area contributed by atoms with Crippen LogP contribution in [0.4, 0.5) is 10.8 Å². The van der Waals surface area contributed by atoms with Crippen molar-refractivity contribution in [3.63, 3.8) is 0 Å². The van der Waals surface area contributed by atoms with Crippen molar-refractivity contribution in [1.82, 2.24) is 9.97 Å². The molecule has 2 aromatic heterocycles. The van der Waals surface area contributed by atoms with Gasteiger partial charge in [-0.15, -0.1) is 11.3 Å². The number of nitrogens with one attached hydrogen (secondary N) is 2. The summed E-state index contributed by atoms with van der Waals surface area (Å²) in [6.07, 6.45) is 1.76. The Bertz CT molecular complexity index is 1090. The van der Waals surface area contributed by atoms with Crippen molar-refractivity contribution in [3.8, 4) is 11.3 Å². The number of H-pyrrole nitrogens is 1. The maximum absolute atomic E-state index is 12.6. The summed E-state index contributed by atoms with van der Waals surface area (Å²) in [5.74, 6) is -1.41. The Morgan fingerprint density at radius 2 is 2.07 bits per heavy atom. The van der Waals surface area contributed by atoms with Gasteiger partial charge >= 0.3 is 0 Å². The van der Waals surface area contributed by atoms with Crippen LogP contribution in [0.3, 0.4) is 0 Å². The fraction of sp³-hybridized carbons (Fsp3) is 0.158. The first-order valence-corrected chi connectivity index (χ1v) is 9.97. The first kappa shape index (κ1) is 19.2. The number of thiazole rings is 1. The van der Waals surface area contributed by atoms with Crippen molar-refractivity contribution in [3.05, 3.63) is 52.6 Å². The Morgan fingerprint density at radius 3 is 2.76 bits per heavy atom. The van der Waals surface area contributed by atoms with Gasteiger partial charge in [0.25, 0.3) is 5.91 Å². The lowest BCUT2D eigenvalue weighted by atomic mass is 10.1. The minimum absolute atomic E-state index is 0.112. The second kappa shape index (κ2) is 7.69. The Morgan fingerprint density at radius 1 is 1.31 bits per heavy atom. The van der Waals surface area contributed by atoms with E-state index in [-0.39, 0.29) is 23.9 Å². The summed E-state index contributed by atoms with van der Waals surface area (Å²) in [6.45, 7) is 0.296. The largest absolute Gasteiger partial charge is 0.364 e. The highest BCUT2D eigenvalue weighted by molar-refractivity contribution is 7.14. The van der Waals surface area contributed by atoms with Crippen LogP contribution in [0.2, 0.25) is 5.02 Å². The lowest BCUT2D eigenvalue weighted by Crippen LogP contribution is -2.28. The number of aromatic nitrogens is 2. The molecule has 1 fully saturated rings. The Hall–Kier alpha value is -3.17. The number of hydrogen-bond acceptors (Lipinski definition) is 5. The van der Waals surface area contributed by atoms with Gasteiger partial charge in [0.15, 0.2) is 5.13 Å². The number of anilines is 2. The molecule has 3 amide bonds. The van der Waals surface area contributed by atoms with Crippen molar-refractivity contribution in [1.29, 1.82) is 0 Å². The molecule has 4 rings (SSSR count). The summed E-state index contributed by atoms with van der Waals surface area (Å²) in [5.41, 5.74) is 7.54. The fourth-order valence-electron chi connectivity index (χ4n) is 3.11. The number of halogens is 1. The molecule has 4 N–H and O–H groups in total. The van der Waals surface area contributed by atoms with Crippen molar-refractivity contribution in [2.75, 3.05) is 16.8 Å². The summed E-state index contributed by atoms with van der Waals surface area (Å²) >= 11 is 7.15. The molecule has 8 nitrogen and oxygen atoms in total. The molecule has 1 unspecified atom stereocenters. The molecule has 0 aliphatic carbocycles. The van der Waals surface area contributed by atoms with E-state index in [2.05, 4.69) is 15.3 Å². The number of carbonyl (C=O) groups excluding carboxylic acids is 3. The molecule has 29 heavy (non-hydrogen) atoms. The maximum atomic E-state index is 12.6. The highest BCUT2D eigenvalue weighted by atomic mass is 35.5. The van der Waals surface area contributed by atoms with Crippen LogP contribution in [0.15, 0.2) is 41.9 Å². The topological polar surface area (TPSA) is 121 Å². The van der Waals surface area contributed by atoms with Crippen molar-refractivity contribution >= 4 is 51.5 Å². The summed E-state index contributed by atoms with van der Waals surface area (Å²) in [6, 6.07) is 8.52. The van der Waals surface area contributed by atoms with Crippen LogP contribution in [-0.4, -0.2) is 34.2 Å². The number of primary amides is 1. The zero-order valence-corrected chi connectivity index (χ0v) is 16.6. The first-order chi connectivity index (χ1) is 13.9. The van der Waals surface area contributed by atoms with E-state index in [0.717, 1.165) is 0 Å². The fourth-order valence-corrected chi connectivity index (χ4v) is 3.96. The maximum Gasteiger partial charge on any atom is 0.265 e. The van der Waals surface area contributed by atoms with Crippen LogP contribution < -0.4 is 16.0 Å². The number of carbonyl (C=O) groups is 3. The van der Waals surface area contributed by atoms with E-state index in [1.54, 1.807) is 46.8 Å². The van der Waals surface area contributed by atoms with Gasteiger partial charge in [0.05, 0.1) is 11.6 Å². The van der Waals surface area contributed by atoms with E-state index in [1.807, 2.05) is 0 Å². The molecule has 148 valence electrons. The van der Waals surface area contributed by atoms with Gasteiger partial charge in [0.2, 0.25) is 11.8 Å². The van der Waals surface area contributed by atoms with Gasteiger partial charge in [-0.25, -0.2) is 4.98 Å². The Balaban J connectivity index is 1.42. The van der Waals surface area contributed by atoms with Crippen LogP contribution in [-0.2, 0) is 9.59 Å². The summed E-state index contributed by atoms with van der Waals surface area (Å²) in [5, 5.41) is 5.54. The molecular weight excluding hydrogens is 414 g/mol. The molecule has 0 saturated carbocycles. The number of rotatable bonds is 5. The van der Waals surface area contributed by atoms with Gasteiger partial charge in [-0.1, -0.05) is 11.6 Å². The molecule has 3 heterocycles. The summed E-state index contributed by atoms with van der Waals surface area (Å²) < 4.78 is 0. The molecule has 1 aliphatic heterocycles. The smallest absolute Gasteiger partial charge is 0.265 e. The van der Waals surface area contributed by atoms with E-state index >= 15 is 0 Å². The molecule has 1 aliphatic rings. The van der Waals surface area contributed by atoms with Gasteiger partial charge in [-0.05, 0) is 30.3 Å². The second-order valence-electron chi connectivity index (χ2n) is 6.58. The van der Waals surface area contributed by atoms with Gasteiger partial charge in [0.1, 0.15) is 5.69 Å². The Kier molecular flexibility index (Phi) is 5.08. The molecule has 0 radical (unpaired) electrons. The van der Waals surface area contributed by atoms with Crippen molar-refractivity contribution in [2.24, 2.45) is 11.7 Å². The van der Waals surface area contributed by atoms with Crippen molar-refractivity contribution < 1.29 is 14.4 Å². The molecule has 10 heteroatoms. The minimum atomic E-state index is -0.559. The highest BCUT2D eigenvalue weighted by Gasteiger charge is 2.35. The van der Waals surface area contributed by atoms with Crippen LogP contribution in [0.25, 0.3) is 11.3 Å². The molecule has 3 aromatic rings. The molecule has 1 atom stereocenters. The number of aromatic amines is 1. The molecule has 0 spiro atoms. The summed E-state index contributed by atoms with van der Waals surface area (Å²) in [7, 11) is 0. The van der Waals surface area contributed by atoms with Gasteiger partial charge in [-0.3, -0.25) is 14.4 Å². The standard InChI is InChI=1S/C19H16ClN5O3S/c20-12-1-3-13(4-2-12)25-8-11(6-16(25)26)18(28)24-19-23-15(9-29-19)10-5-14(17(21)27)22-7-10/h1-5,7,9,11,22H,6,8H2,(H2,21,27)(H,23,24,28). The van der Waals surface area contributed by atoms with E-state index in [1.165, 1.54) is 11.3 Å². The second-order valence-corrected chi connectivity index (χ2v) is 7.87. The number of hydrogen-bond donors (Lipinski definition) is 3. The SMILES string of the molecule is NC(=O)c1cc(-c2csc(NC(=O)C3CC(=O)N(c4ccc(Cl)cc4)C3)n2)c[nH]1. The highest BCUT2D eigenvalue weighted by Crippen LogP contribution is 2.29. The predicted molar refractivity (Wildman–Crippen MR) is 111 cm³/mol. The summed E-state index contributed by atoms with van der Waals surface area (Å²) in [4.78, 5) is 44.9. The predicted octanol–water partition coefficient (Wildman–Crippen LogP) is 2.88. The molecule has 0 bridgehead atoms. The van der Waals surface area contributed by atoms with E-state index < -0.39 is 11.8 Å². The van der Waals surface area contributed by atoms with Gasteiger partial charge in [-0.2, -0.15) is 0 Å². The zero-order chi connectivity index (χ0) is 20.5. The third-order valence-electron chi connectivity index (χ3n) is 4.61. The van der Waals surface area contributed by atoms with E-state index in [4.69, 9.17) is 17.3 Å². The number of benzene rings is 1. The third-order valence-corrected chi connectivity index (χ3v) is 5.62. The van der Waals surface area contributed by atoms with Crippen molar-refractivity contribution in [2.45, 2.75) is 6.42 Å². The monoisotopic (exact) mass is 429 g/mol. The van der Waals surface area contributed by atoms with Crippen LogP contribution in [0.1, 0.15) is 16.9 Å². The molecular formula is C19H16ClN5O3S. The number of nitrogens with zero attached hydrogens (tertiary/aromatic N) is 2. The lowest BCUT2D eigenvalue weighted by Gasteiger charge is -2.16. The molecule has 1 saturated heterocycles. The van der Waals surface area contributed by atoms with Crippen LogP contribution in [0.5, 0.6) is 0 Å². The quantitative estimate of drug-likeness (QED) is 0.577.